The number of anilines is 1. The summed E-state index contributed by atoms with van der Waals surface area (Å²) < 4.78 is 0.975. The lowest BCUT2D eigenvalue weighted by molar-refractivity contribution is -0.119. The van der Waals surface area contributed by atoms with Gasteiger partial charge >= 0.3 is 6.03 Å². The van der Waals surface area contributed by atoms with Gasteiger partial charge in [-0.2, -0.15) is 0 Å². The molecule has 1 fully saturated rings. The maximum Gasteiger partial charge on any atom is 0.333 e. The minimum Gasteiger partial charge on any atom is -0.315 e. The first-order valence-corrected chi connectivity index (χ1v) is 7.77. The van der Waals surface area contributed by atoms with Gasteiger partial charge in [-0.25, -0.2) is 14.7 Å². The zero-order valence-corrected chi connectivity index (χ0v) is 13.1. The van der Waals surface area contributed by atoms with Gasteiger partial charge in [0.05, 0.1) is 10.2 Å². The summed E-state index contributed by atoms with van der Waals surface area (Å²) >= 11 is 1.37. The van der Waals surface area contributed by atoms with E-state index in [0.29, 0.717) is 17.5 Å². The van der Waals surface area contributed by atoms with Crippen LogP contribution in [0.5, 0.6) is 0 Å². The number of imide groups is 1. The minimum atomic E-state index is -0.385. The van der Waals surface area contributed by atoms with Crippen molar-refractivity contribution in [1.82, 2.24) is 9.88 Å². The van der Waals surface area contributed by atoms with Gasteiger partial charge < -0.3 is 4.90 Å². The fourth-order valence-corrected chi connectivity index (χ4v) is 3.50. The van der Waals surface area contributed by atoms with Crippen molar-refractivity contribution in [2.45, 2.75) is 26.3 Å². The van der Waals surface area contributed by atoms with Gasteiger partial charge in [0.15, 0.2) is 0 Å². The van der Waals surface area contributed by atoms with E-state index < -0.39 is 0 Å². The van der Waals surface area contributed by atoms with Crippen LogP contribution >= 0.6 is 11.3 Å². The SMILES string of the molecule is CC(C)C[C@@H]1C(=O)N(c2nc3ccccc3s2)C(=O)N1C. The molecular formula is C15H17N3O2S. The lowest BCUT2D eigenvalue weighted by Crippen LogP contribution is -2.32. The Morgan fingerprint density at radius 3 is 2.67 bits per heavy atom. The van der Waals surface area contributed by atoms with Crippen LogP contribution in [0, 0.1) is 5.92 Å². The molecule has 0 radical (unpaired) electrons. The number of hydrogen-bond donors (Lipinski definition) is 0. The van der Waals surface area contributed by atoms with Crippen molar-refractivity contribution >= 4 is 38.6 Å². The number of para-hydroxylation sites is 1. The molecule has 0 bridgehead atoms. The van der Waals surface area contributed by atoms with Gasteiger partial charge in [0.25, 0.3) is 5.91 Å². The molecule has 2 heterocycles. The van der Waals surface area contributed by atoms with Gasteiger partial charge in [-0.15, -0.1) is 0 Å². The van der Waals surface area contributed by atoms with Gasteiger partial charge in [-0.3, -0.25) is 4.79 Å². The Hall–Kier alpha value is -1.95. The summed E-state index contributed by atoms with van der Waals surface area (Å²) in [4.78, 5) is 32.1. The van der Waals surface area contributed by atoms with E-state index in [4.69, 9.17) is 0 Å². The first-order chi connectivity index (χ1) is 9.99. The number of urea groups is 1. The Kier molecular flexibility index (Phi) is 3.41. The molecule has 1 aliphatic heterocycles. The molecule has 1 saturated heterocycles. The third-order valence-corrected chi connectivity index (χ3v) is 4.66. The van der Waals surface area contributed by atoms with E-state index in [1.165, 1.54) is 21.1 Å². The van der Waals surface area contributed by atoms with Crippen LogP contribution in [0.25, 0.3) is 10.2 Å². The Labute approximate surface area is 127 Å². The predicted molar refractivity (Wildman–Crippen MR) is 83.5 cm³/mol. The standard InChI is InChI=1S/C15H17N3O2S/c1-9(2)8-11-13(19)18(15(20)17(11)3)14-16-10-6-4-5-7-12(10)21-14/h4-7,9,11H,8H2,1-3H3/t11-/m1/s1. The van der Waals surface area contributed by atoms with Crippen LogP contribution < -0.4 is 4.90 Å². The van der Waals surface area contributed by atoms with Crippen LogP contribution in [-0.2, 0) is 4.79 Å². The average Bonchev–Trinajstić information content (AvgIpc) is 2.94. The smallest absolute Gasteiger partial charge is 0.315 e. The largest absolute Gasteiger partial charge is 0.333 e. The number of nitrogens with zero attached hydrogens (tertiary/aromatic N) is 3. The number of benzene rings is 1. The summed E-state index contributed by atoms with van der Waals surface area (Å²) in [5.41, 5.74) is 0.813. The molecule has 21 heavy (non-hydrogen) atoms. The van der Waals surface area contributed by atoms with E-state index in [9.17, 15) is 9.59 Å². The molecule has 0 unspecified atom stereocenters. The van der Waals surface area contributed by atoms with E-state index in [0.717, 1.165) is 10.2 Å². The predicted octanol–water partition coefficient (Wildman–Crippen LogP) is 3.11. The van der Waals surface area contributed by atoms with E-state index in [-0.39, 0.29) is 18.0 Å². The van der Waals surface area contributed by atoms with E-state index in [2.05, 4.69) is 4.98 Å². The second-order valence-electron chi connectivity index (χ2n) is 5.68. The molecule has 5 nitrogen and oxygen atoms in total. The number of aromatic nitrogens is 1. The second-order valence-corrected chi connectivity index (χ2v) is 6.69. The highest BCUT2D eigenvalue weighted by Gasteiger charge is 2.45. The molecule has 0 saturated carbocycles. The third kappa shape index (κ3) is 2.29. The summed E-state index contributed by atoms with van der Waals surface area (Å²) in [7, 11) is 1.68. The van der Waals surface area contributed by atoms with Crippen LogP contribution in [0.2, 0.25) is 0 Å². The van der Waals surface area contributed by atoms with Crippen LogP contribution in [0.4, 0.5) is 9.93 Å². The number of fused-ring (bicyclic) bond motifs is 1. The first kappa shape index (κ1) is 14.0. The summed E-state index contributed by atoms with van der Waals surface area (Å²) in [6.45, 7) is 4.10. The van der Waals surface area contributed by atoms with Crippen LogP contribution in [-0.4, -0.2) is 34.9 Å². The number of likely N-dealkylation sites (N-methyl/N-ethyl adjacent to an activating group) is 1. The minimum absolute atomic E-state index is 0.171. The Morgan fingerprint density at radius 2 is 2.00 bits per heavy atom. The normalized spacial score (nSPS) is 19.3. The van der Waals surface area contributed by atoms with Gasteiger partial charge in [0, 0.05) is 7.05 Å². The van der Waals surface area contributed by atoms with Crippen LogP contribution in [0.15, 0.2) is 24.3 Å². The van der Waals surface area contributed by atoms with Gasteiger partial charge in [-0.05, 0) is 24.5 Å². The van der Waals surface area contributed by atoms with Crippen molar-refractivity contribution in [3.05, 3.63) is 24.3 Å². The number of hydrogen-bond acceptors (Lipinski definition) is 4. The molecule has 2 aromatic rings. The number of carbonyl (C=O) groups excluding carboxylic acids is 2. The highest BCUT2D eigenvalue weighted by molar-refractivity contribution is 7.22. The maximum absolute atomic E-state index is 12.6. The fraction of sp³-hybridized carbons (Fsp3) is 0.400. The average molecular weight is 303 g/mol. The summed E-state index contributed by atoms with van der Waals surface area (Å²) in [5.74, 6) is 0.180. The number of rotatable bonds is 3. The Morgan fingerprint density at radius 1 is 1.29 bits per heavy atom. The lowest BCUT2D eigenvalue weighted by Gasteiger charge is -2.17. The van der Waals surface area contributed by atoms with E-state index in [1.54, 1.807) is 7.05 Å². The highest BCUT2D eigenvalue weighted by atomic mass is 32.1. The molecule has 110 valence electrons. The van der Waals surface area contributed by atoms with Crippen LogP contribution in [0.1, 0.15) is 20.3 Å². The topological polar surface area (TPSA) is 53.5 Å². The molecule has 0 spiro atoms. The maximum atomic E-state index is 12.6. The molecule has 3 amide bonds. The lowest BCUT2D eigenvalue weighted by atomic mass is 10.0. The Bertz CT molecular complexity index is 677. The number of amides is 3. The third-order valence-electron chi connectivity index (χ3n) is 3.63. The van der Waals surface area contributed by atoms with Crippen molar-refractivity contribution in [3.8, 4) is 0 Å². The fourth-order valence-electron chi connectivity index (χ4n) is 2.54. The second kappa shape index (κ2) is 5.11. The van der Waals surface area contributed by atoms with Crippen molar-refractivity contribution in [1.29, 1.82) is 0 Å². The summed E-state index contributed by atoms with van der Waals surface area (Å²) in [6, 6.07) is 6.97. The molecule has 1 aliphatic rings. The first-order valence-electron chi connectivity index (χ1n) is 6.95. The monoisotopic (exact) mass is 303 g/mol. The van der Waals surface area contributed by atoms with E-state index >= 15 is 0 Å². The van der Waals surface area contributed by atoms with Crippen molar-refractivity contribution < 1.29 is 9.59 Å². The molecule has 6 heteroatoms. The highest BCUT2D eigenvalue weighted by Crippen LogP contribution is 2.33. The molecule has 1 aromatic heterocycles. The molecule has 1 aromatic carbocycles. The zero-order valence-electron chi connectivity index (χ0n) is 12.2. The van der Waals surface area contributed by atoms with Gasteiger partial charge in [-0.1, -0.05) is 37.3 Å². The van der Waals surface area contributed by atoms with Crippen molar-refractivity contribution in [2.75, 3.05) is 11.9 Å². The number of carbonyl (C=O) groups is 2. The summed E-state index contributed by atoms with van der Waals surface area (Å²) in [6.07, 6.45) is 0.669. The molecule has 0 aliphatic carbocycles. The quantitative estimate of drug-likeness (QED) is 0.819. The molecular weight excluding hydrogens is 286 g/mol. The van der Waals surface area contributed by atoms with Gasteiger partial charge in [0.1, 0.15) is 6.04 Å². The molecule has 3 rings (SSSR count). The van der Waals surface area contributed by atoms with Gasteiger partial charge in [0.2, 0.25) is 5.13 Å². The van der Waals surface area contributed by atoms with Crippen molar-refractivity contribution in [3.63, 3.8) is 0 Å². The van der Waals surface area contributed by atoms with Crippen LogP contribution in [0.3, 0.4) is 0 Å². The van der Waals surface area contributed by atoms with Crippen molar-refractivity contribution in [2.24, 2.45) is 5.92 Å². The molecule has 0 N–H and O–H groups in total. The van der Waals surface area contributed by atoms with E-state index in [1.807, 2.05) is 38.1 Å². The summed E-state index contributed by atoms with van der Waals surface area (Å²) in [5, 5.41) is 0.462. The molecule has 1 atom stereocenters. The zero-order chi connectivity index (χ0) is 15.1. The Balaban J connectivity index is 1.98. The number of thiazole rings is 1.